The molecular weight excluding hydrogens is 366 g/mol. The predicted molar refractivity (Wildman–Crippen MR) is 112 cm³/mol. The van der Waals surface area contributed by atoms with Crippen LogP contribution in [-0.4, -0.2) is 34.8 Å². The van der Waals surface area contributed by atoms with Crippen LogP contribution in [0.1, 0.15) is 30.7 Å². The number of imidazole rings is 1. The number of para-hydroxylation sites is 3. The molecule has 29 heavy (non-hydrogen) atoms. The minimum atomic E-state index is -0.324. The number of carbonyl (C=O) groups is 1. The molecular formula is C23H27N3O3. The van der Waals surface area contributed by atoms with Crippen molar-refractivity contribution in [2.45, 2.75) is 45.4 Å². The number of ether oxygens (including phenoxy) is 2. The van der Waals surface area contributed by atoms with Crippen molar-refractivity contribution in [2.75, 3.05) is 13.2 Å². The monoisotopic (exact) mass is 393 g/mol. The van der Waals surface area contributed by atoms with E-state index in [0.29, 0.717) is 19.8 Å². The van der Waals surface area contributed by atoms with Crippen molar-refractivity contribution >= 4 is 16.9 Å². The fraction of sp³-hybridized carbons (Fsp3) is 0.391. The van der Waals surface area contributed by atoms with E-state index < -0.39 is 0 Å². The van der Waals surface area contributed by atoms with Crippen LogP contribution >= 0.6 is 0 Å². The number of nitrogens with one attached hydrogen (secondary N) is 1. The van der Waals surface area contributed by atoms with Gasteiger partial charge in [-0.25, -0.2) is 4.98 Å². The molecule has 2 heterocycles. The molecule has 0 saturated carbocycles. The Morgan fingerprint density at radius 2 is 2.07 bits per heavy atom. The topological polar surface area (TPSA) is 65.4 Å². The van der Waals surface area contributed by atoms with Crippen LogP contribution in [0.25, 0.3) is 11.0 Å². The van der Waals surface area contributed by atoms with E-state index in [1.165, 1.54) is 0 Å². The first-order valence-electron chi connectivity index (χ1n) is 10.2. The molecule has 152 valence electrons. The molecule has 1 atom stereocenters. The molecule has 0 radical (unpaired) electrons. The van der Waals surface area contributed by atoms with Crippen LogP contribution in [0, 0.1) is 6.92 Å². The SMILES string of the molecule is Cc1ccccc1OCCCn1c(CNC(=O)C2CCCO2)nc2ccccc21. The van der Waals surface area contributed by atoms with Crippen LogP contribution < -0.4 is 10.1 Å². The average Bonchev–Trinajstić information content (AvgIpc) is 3.39. The summed E-state index contributed by atoms with van der Waals surface area (Å²) in [6, 6.07) is 16.1. The van der Waals surface area contributed by atoms with Gasteiger partial charge in [-0.15, -0.1) is 0 Å². The number of aryl methyl sites for hydroxylation is 2. The Balaban J connectivity index is 1.40. The molecule has 1 aliphatic heterocycles. The molecule has 6 heteroatoms. The fourth-order valence-corrected chi connectivity index (χ4v) is 3.70. The van der Waals surface area contributed by atoms with E-state index in [1.54, 1.807) is 0 Å². The van der Waals surface area contributed by atoms with E-state index in [2.05, 4.69) is 16.0 Å². The van der Waals surface area contributed by atoms with Crippen LogP contribution in [0.2, 0.25) is 0 Å². The van der Waals surface area contributed by atoms with Crippen LogP contribution in [-0.2, 0) is 22.6 Å². The van der Waals surface area contributed by atoms with Crippen molar-refractivity contribution in [1.82, 2.24) is 14.9 Å². The first-order chi connectivity index (χ1) is 14.2. The summed E-state index contributed by atoms with van der Waals surface area (Å²) in [5, 5.41) is 2.99. The maximum atomic E-state index is 12.3. The third kappa shape index (κ3) is 4.59. The number of hydrogen-bond acceptors (Lipinski definition) is 4. The second-order valence-corrected chi connectivity index (χ2v) is 7.36. The van der Waals surface area contributed by atoms with Crippen molar-refractivity contribution in [3.63, 3.8) is 0 Å². The van der Waals surface area contributed by atoms with Crippen LogP contribution in [0.3, 0.4) is 0 Å². The van der Waals surface area contributed by atoms with E-state index in [9.17, 15) is 4.79 Å². The molecule has 0 spiro atoms. The van der Waals surface area contributed by atoms with Crippen LogP contribution in [0.4, 0.5) is 0 Å². The lowest BCUT2D eigenvalue weighted by Gasteiger charge is -2.13. The Bertz CT molecular complexity index is 976. The third-order valence-corrected chi connectivity index (χ3v) is 5.25. The number of hydrogen-bond donors (Lipinski definition) is 1. The smallest absolute Gasteiger partial charge is 0.249 e. The van der Waals surface area contributed by atoms with E-state index in [-0.39, 0.29) is 12.0 Å². The van der Waals surface area contributed by atoms with Crippen molar-refractivity contribution < 1.29 is 14.3 Å². The number of aromatic nitrogens is 2. The summed E-state index contributed by atoms with van der Waals surface area (Å²) < 4.78 is 13.6. The molecule has 1 fully saturated rings. The molecule has 1 saturated heterocycles. The van der Waals surface area contributed by atoms with Crippen LogP contribution in [0.15, 0.2) is 48.5 Å². The molecule has 1 aliphatic rings. The maximum Gasteiger partial charge on any atom is 0.249 e. The molecule has 3 aromatic rings. The standard InChI is InChI=1S/C23H27N3O3/c1-17-8-2-5-11-20(17)28-15-7-13-26-19-10-4-3-9-18(19)25-22(26)16-24-23(27)21-12-6-14-29-21/h2-5,8-11,21H,6-7,12-16H2,1H3,(H,24,27). The summed E-state index contributed by atoms with van der Waals surface area (Å²) >= 11 is 0. The summed E-state index contributed by atoms with van der Waals surface area (Å²) in [5.41, 5.74) is 3.15. The minimum Gasteiger partial charge on any atom is -0.493 e. The largest absolute Gasteiger partial charge is 0.493 e. The molecule has 1 unspecified atom stereocenters. The van der Waals surface area contributed by atoms with Gasteiger partial charge < -0.3 is 19.4 Å². The summed E-state index contributed by atoms with van der Waals surface area (Å²) in [6.07, 6.45) is 2.26. The number of benzene rings is 2. The van der Waals surface area contributed by atoms with Gasteiger partial charge in [0.1, 0.15) is 17.7 Å². The third-order valence-electron chi connectivity index (χ3n) is 5.25. The molecule has 0 aliphatic carbocycles. The van der Waals surface area contributed by atoms with Gasteiger partial charge in [0.15, 0.2) is 0 Å². The lowest BCUT2D eigenvalue weighted by Crippen LogP contribution is -2.34. The van der Waals surface area contributed by atoms with Gasteiger partial charge in [-0.3, -0.25) is 4.79 Å². The van der Waals surface area contributed by atoms with Gasteiger partial charge >= 0.3 is 0 Å². The number of fused-ring (bicyclic) bond motifs is 1. The van der Waals surface area contributed by atoms with E-state index in [1.807, 2.05) is 49.4 Å². The van der Waals surface area contributed by atoms with Gasteiger partial charge in [-0.05, 0) is 49.9 Å². The van der Waals surface area contributed by atoms with Crippen molar-refractivity contribution in [3.05, 3.63) is 59.9 Å². The molecule has 1 N–H and O–H groups in total. The maximum absolute atomic E-state index is 12.3. The van der Waals surface area contributed by atoms with Crippen molar-refractivity contribution in [1.29, 1.82) is 0 Å². The zero-order chi connectivity index (χ0) is 20.1. The predicted octanol–water partition coefficient (Wildman–Crippen LogP) is 3.61. The molecule has 1 amide bonds. The van der Waals surface area contributed by atoms with Gasteiger partial charge in [0.25, 0.3) is 0 Å². The number of carbonyl (C=O) groups excluding carboxylic acids is 1. The Labute approximate surface area is 170 Å². The lowest BCUT2D eigenvalue weighted by molar-refractivity contribution is -0.130. The summed E-state index contributed by atoms with van der Waals surface area (Å²) in [6.45, 7) is 4.51. The molecule has 4 rings (SSSR count). The van der Waals surface area contributed by atoms with Gasteiger partial charge in [-0.1, -0.05) is 30.3 Å². The van der Waals surface area contributed by atoms with Gasteiger partial charge in [0.2, 0.25) is 5.91 Å². The number of nitrogens with zero attached hydrogens (tertiary/aromatic N) is 2. The number of rotatable bonds is 8. The van der Waals surface area contributed by atoms with Crippen molar-refractivity contribution in [3.8, 4) is 5.75 Å². The van der Waals surface area contributed by atoms with Crippen molar-refractivity contribution in [2.24, 2.45) is 0 Å². The Morgan fingerprint density at radius 3 is 2.90 bits per heavy atom. The highest BCUT2D eigenvalue weighted by atomic mass is 16.5. The summed E-state index contributed by atoms with van der Waals surface area (Å²) in [4.78, 5) is 17.0. The summed E-state index contributed by atoms with van der Waals surface area (Å²) in [7, 11) is 0. The highest BCUT2D eigenvalue weighted by molar-refractivity contribution is 5.81. The molecule has 6 nitrogen and oxygen atoms in total. The first-order valence-corrected chi connectivity index (χ1v) is 10.2. The minimum absolute atomic E-state index is 0.0519. The highest BCUT2D eigenvalue weighted by Gasteiger charge is 2.23. The van der Waals surface area contributed by atoms with Gasteiger partial charge in [0, 0.05) is 13.2 Å². The average molecular weight is 393 g/mol. The highest BCUT2D eigenvalue weighted by Crippen LogP contribution is 2.19. The van der Waals surface area contributed by atoms with E-state index >= 15 is 0 Å². The van der Waals surface area contributed by atoms with Gasteiger partial charge in [0.05, 0.1) is 24.2 Å². The normalized spacial score (nSPS) is 16.2. The molecule has 1 aromatic heterocycles. The fourth-order valence-electron chi connectivity index (χ4n) is 3.70. The molecule has 0 bridgehead atoms. The summed E-state index contributed by atoms with van der Waals surface area (Å²) in [5.74, 6) is 1.73. The van der Waals surface area contributed by atoms with E-state index in [0.717, 1.165) is 54.0 Å². The first kappa shape index (κ1) is 19.5. The second-order valence-electron chi connectivity index (χ2n) is 7.36. The second kappa shape index (κ2) is 9.09. The van der Waals surface area contributed by atoms with Gasteiger partial charge in [-0.2, -0.15) is 0 Å². The lowest BCUT2D eigenvalue weighted by atomic mass is 10.2. The number of amides is 1. The Hall–Kier alpha value is -2.86. The molecule has 2 aromatic carbocycles. The quantitative estimate of drug-likeness (QED) is 0.594. The zero-order valence-electron chi connectivity index (χ0n) is 16.8. The Kier molecular flexibility index (Phi) is 6.10. The van der Waals surface area contributed by atoms with E-state index in [4.69, 9.17) is 14.5 Å². The Morgan fingerprint density at radius 1 is 1.24 bits per heavy atom. The zero-order valence-corrected chi connectivity index (χ0v) is 16.8. The van der Waals surface area contributed by atoms with Crippen LogP contribution in [0.5, 0.6) is 5.75 Å².